The van der Waals surface area contributed by atoms with E-state index in [0.717, 1.165) is 11.0 Å². The summed E-state index contributed by atoms with van der Waals surface area (Å²) in [5.74, 6) is -0.263. The van der Waals surface area contributed by atoms with Crippen molar-refractivity contribution in [3.05, 3.63) is 60.4 Å². The third-order valence-electron chi connectivity index (χ3n) is 3.50. The molecule has 3 aromatic rings. The highest BCUT2D eigenvalue weighted by Crippen LogP contribution is 2.12. The number of anilines is 1. The molecule has 1 heterocycles. The Bertz CT molecular complexity index is 899. The van der Waals surface area contributed by atoms with Crippen molar-refractivity contribution in [2.24, 2.45) is 0 Å². The lowest BCUT2D eigenvalue weighted by Gasteiger charge is -2.11. The van der Waals surface area contributed by atoms with Crippen molar-refractivity contribution in [1.82, 2.24) is 15.0 Å². The smallest absolute Gasteiger partial charge is 0.319 e. The van der Waals surface area contributed by atoms with Crippen molar-refractivity contribution in [3.8, 4) is 0 Å². The molecule has 25 heavy (non-hydrogen) atoms. The summed E-state index contributed by atoms with van der Waals surface area (Å²) in [5.41, 5.74) is 5.50. The second-order valence-electron chi connectivity index (χ2n) is 5.87. The Balaban J connectivity index is 1.67. The van der Waals surface area contributed by atoms with Crippen molar-refractivity contribution in [1.29, 1.82) is 0 Å². The average Bonchev–Trinajstić information content (AvgIpc) is 2.98. The monoisotopic (exact) mass is 337 g/mol. The van der Waals surface area contributed by atoms with E-state index in [1.165, 1.54) is 0 Å². The maximum Gasteiger partial charge on any atom is 0.319 e. The van der Waals surface area contributed by atoms with Gasteiger partial charge in [-0.15, -0.1) is 0 Å². The third kappa shape index (κ3) is 3.95. The van der Waals surface area contributed by atoms with Gasteiger partial charge in [-0.25, -0.2) is 14.5 Å². The van der Waals surface area contributed by atoms with Gasteiger partial charge in [0.25, 0.3) is 5.91 Å². The minimum absolute atomic E-state index is 0.0510. The Morgan fingerprint density at radius 3 is 2.48 bits per heavy atom. The molecule has 128 valence electrons. The predicted octanol–water partition coefficient (Wildman–Crippen LogP) is 2.95. The van der Waals surface area contributed by atoms with Gasteiger partial charge in [0.2, 0.25) is 0 Å². The molecular weight excluding hydrogens is 318 g/mol. The molecule has 7 heteroatoms. The maximum absolute atomic E-state index is 12.4. The summed E-state index contributed by atoms with van der Waals surface area (Å²) >= 11 is 0. The van der Waals surface area contributed by atoms with E-state index in [9.17, 15) is 9.59 Å². The van der Waals surface area contributed by atoms with Crippen molar-refractivity contribution in [2.75, 3.05) is 10.7 Å². The highest BCUT2D eigenvalue weighted by Gasteiger charge is 2.09. The Morgan fingerprint density at radius 1 is 1.04 bits per heavy atom. The van der Waals surface area contributed by atoms with Crippen LogP contribution >= 0.6 is 0 Å². The number of rotatable bonds is 4. The summed E-state index contributed by atoms with van der Waals surface area (Å²) in [6.45, 7) is 3.76. The highest BCUT2D eigenvalue weighted by atomic mass is 16.2. The maximum atomic E-state index is 12.4. The van der Waals surface area contributed by atoms with Gasteiger partial charge < -0.3 is 10.6 Å². The standard InChI is InChI=1S/C18H19N5O2/c1-12(2)20-18(25)21-14-9-7-13(8-10-14)17(24)22-23-11-19-15-5-3-4-6-16(15)23/h3-12H,1-2H3,(H,22,24)(H2,20,21,25). The van der Waals surface area contributed by atoms with E-state index in [1.54, 1.807) is 35.3 Å². The van der Waals surface area contributed by atoms with E-state index >= 15 is 0 Å². The number of benzene rings is 2. The lowest BCUT2D eigenvalue weighted by Crippen LogP contribution is -2.34. The molecule has 0 unspecified atom stereocenters. The normalized spacial score (nSPS) is 10.7. The second kappa shape index (κ2) is 7.04. The Morgan fingerprint density at radius 2 is 1.76 bits per heavy atom. The number of nitrogens with zero attached hydrogens (tertiary/aromatic N) is 2. The van der Waals surface area contributed by atoms with Crippen LogP contribution in [0.1, 0.15) is 24.2 Å². The summed E-state index contributed by atoms with van der Waals surface area (Å²) in [7, 11) is 0. The Hall–Kier alpha value is -3.35. The molecule has 2 aromatic carbocycles. The minimum Gasteiger partial charge on any atom is -0.336 e. The zero-order valence-corrected chi connectivity index (χ0v) is 14.0. The number of para-hydroxylation sites is 2. The van der Waals surface area contributed by atoms with Gasteiger partial charge in [-0.3, -0.25) is 10.2 Å². The van der Waals surface area contributed by atoms with Gasteiger partial charge in [-0.05, 0) is 50.2 Å². The first-order valence-corrected chi connectivity index (χ1v) is 7.94. The molecule has 0 radical (unpaired) electrons. The summed E-state index contributed by atoms with van der Waals surface area (Å²) in [6, 6.07) is 14.0. The fourth-order valence-corrected chi connectivity index (χ4v) is 2.36. The van der Waals surface area contributed by atoms with Gasteiger partial charge in [0.1, 0.15) is 6.33 Å². The number of carbonyl (C=O) groups is 2. The SMILES string of the molecule is CC(C)NC(=O)Nc1ccc(C(=O)Nn2cnc3ccccc32)cc1. The van der Waals surface area contributed by atoms with Crippen LogP contribution in [-0.4, -0.2) is 27.6 Å². The molecule has 0 bridgehead atoms. The van der Waals surface area contributed by atoms with Gasteiger partial charge >= 0.3 is 6.03 Å². The molecular formula is C18H19N5O2. The van der Waals surface area contributed by atoms with E-state index in [1.807, 2.05) is 38.1 Å². The van der Waals surface area contributed by atoms with Gasteiger partial charge in [0.15, 0.2) is 0 Å². The fraction of sp³-hybridized carbons (Fsp3) is 0.167. The van der Waals surface area contributed by atoms with E-state index in [2.05, 4.69) is 21.0 Å². The number of amides is 3. The molecule has 0 aliphatic rings. The second-order valence-corrected chi connectivity index (χ2v) is 5.87. The van der Waals surface area contributed by atoms with E-state index in [0.29, 0.717) is 11.3 Å². The Kier molecular flexibility index (Phi) is 4.65. The van der Waals surface area contributed by atoms with E-state index < -0.39 is 0 Å². The number of hydrogen-bond donors (Lipinski definition) is 3. The molecule has 0 saturated heterocycles. The van der Waals surface area contributed by atoms with Crippen LogP contribution in [0.2, 0.25) is 0 Å². The van der Waals surface area contributed by atoms with Crippen molar-refractivity contribution in [2.45, 2.75) is 19.9 Å². The van der Waals surface area contributed by atoms with Crippen LogP contribution in [0.5, 0.6) is 0 Å². The van der Waals surface area contributed by atoms with Crippen LogP contribution in [0.4, 0.5) is 10.5 Å². The first-order chi connectivity index (χ1) is 12.0. The third-order valence-corrected chi connectivity index (χ3v) is 3.50. The lowest BCUT2D eigenvalue weighted by atomic mass is 10.2. The number of imidazole rings is 1. The molecule has 0 saturated carbocycles. The van der Waals surface area contributed by atoms with Crippen molar-refractivity contribution in [3.63, 3.8) is 0 Å². The van der Waals surface area contributed by atoms with Crippen LogP contribution in [0.15, 0.2) is 54.9 Å². The molecule has 1 aromatic heterocycles. The highest BCUT2D eigenvalue weighted by molar-refractivity contribution is 6.01. The summed E-state index contributed by atoms with van der Waals surface area (Å²) in [6.07, 6.45) is 1.56. The van der Waals surface area contributed by atoms with Gasteiger partial charge in [0.05, 0.1) is 11.0 Å². The number of nitrogens with one attached hydrogen (secondary N) is 3. The van der Waals surface area contributed by atoms with Gasteiger partial charge in [-0.1, -0.05) is 12.1 Å². The summed E-state index contributed by atoms with van der Waals surface area (Å²) in [5, 5.41) is 5.45. The molecule has 0 aliphatic carbocycles. The zero-order valence-electron chi connectivity index (χ0n) is 14.0. The van der Waals surface area contributed by atoms with Gasteiger partial charge in [-0.2, -0.15) is 0 Å². The number of carbonyl (C=O) groups excluding carboxylic acids is 2. The number of fused-ring (bicyclic) bond motifs is 1. The van der Waals surface area contributed by atoms with E-state index in [-0.39, 0.29) is 18.0 Å². The molecule has 7 nitrogen and oxygen atoms in total. The lowest BCUT2D eigenvalue weighted by molar-refractivity contribution is 0.101. The zero-order chi connectivity index (χ0) is 17.8. The van der Waals surface area contributed by atoms with Crippen LogP contribution in [0.3, 0.4) is 0 Å². The minimum atomic E-state index is -0.280. The molecule has 0 aliphatic heterocycles. The van der Waals surface area contributed by atoms with Crippen molar-refractivity contribution >= 4 is 28.7 Å². The summed E-state index contributed by atoms with van der Waals surface area (Å²) < 4.78 is 1.58. The molecule has 3 rings (SSSR count). The molecule has 0 spiro atoms. The first-order valence-electron chi connectivity index (χ1n) is 7.94. The number of urea groups is 1. The van der Waals surface area contributed by atoms with Crippen molar-refractivity contribution < 1.29 is 9.59 Å². The van der Waals surface area contributed by atoms with Crippen LogP contribution < -0.4 is 16.1 Å². The molecule has 3 N–H and O–H groups in total. The quantitative estimate of drug-likeness (QED) is 0.684. The van der Waals surface area contributed by atoms with Crippen LogP contribution in [0.25, 0.3) is 11.0 Å². The molecule has 0 atom stereocenters. The Labute approximate surface area is 145 Å². The van der Waals surface area contributed by atoms with Crippen LogP contribution in [0, 0.1) is 0 Å². The predicted molar refractivity (Wildman–Crippen MR) is 97.2 cm³/mol. The average molecular weight is 337 g/mol. The molecule has 0 fully saturated rings. The number of aromatic nitrogens is 2. The fourth-order valence-electron chi connectivity index (χ4n) is 2.36. The van der Waals surface area contributed by atoms with E-state index in [4.69, 9.17) is 0 Å². The summed E-state index contributed by atoms with van der Waals surface area (Å²) in [4.78, 5) is 28.3. The first kappa shape index (κ1) is 16.5. The van der Waals surface area contributed by atoms with Gasteiger partial charge in [0, 0.05) is 17.3 Å². The van der Waals surface area contributed by atoms with Crippen LogP contribution in [-0.2, 0) is 0 Å². The molecule has 3 amide bonds. The largest absolute Gasteiger partial charge is 0.336 e. The number of hydrogen-bond acceptors (Lipinski definition) is 3. The topological polar surface area (TPSA) is 88.0 Å².